The van der Waals surface area contributed by atoms with Gasteiger partial charge < -0.3 is 5.73 Å². The van der Waals surface area contributed by atoms with Gasteiger partial charge in [0.2, 0.25) is 5.96 Å². The number of thiazole rings is 1. The summed E-state index contributed by atoms with van der Waals surface area (Å²) >= 11 is 1.50. The Hall–Kier alpha value is -2.22. The summed E-state index contributed by atoms with van der Waals surface area (Å²) in [5.41, 5.74) is 10.0. The van der Waals surface area contributed by atoms with Gasteiger partial charge in [-0.15, -0.1) is 11.3 Å². The minimum Gasteiger partial charge on any atom is -0.369 e. The number of nitrogens with one attached hydrogen (secondary N) is 3. The number of aromatic amines is 1. The van der Waals surface area contributed by atoms with E-state index in [0.29, 0.717) is 0 Å². The molecule has 7 nitrogen and oxygen atoms in total. The van der Waals surface area contributed by atoms with Crippen molar-refractivity contribution < 1.29 is 0 Å². The van der Waals surface area contributed by atoms with Crippen LogP contribution in [0.4, 0.5) is 0 Å². The van der Waals surface area contributed by atoms with Gasteiger partial charge in [0.25, 0.3) is 0 Å². The van der Waals surface area contributed by atoms with Gasteiger partial charge in [-0.05, 0) is 19.9 Å². The topological polar surface area (TPSA) is 116 Å². The molecule has 8 heteroatoms. The summed E-state index contributed by atoms with van der Waals surface area (Å²) in [5, 5.41) is 18.7. The van der Waals surface area contributed by atoms with Gasteiger partial charge in [0.15, 0.2) is 0 Å². The van der Waals surface area contributed by atoms with Crippen LogP contribution in [0.2, 0.25) is 0 Å². The quantitative estimate of drug-likeness (QED) is 0.376. The normalized spacial score (nSPS) is 11.6. The number of nitrogens with zero attached hydrogens (tertiary/aromatic N) is 3. The Bertz CT molecular complexity index is 581. The molecule has 0 aliphatic carbocycles. The summed E-state index contributed by atoms with van der Waals surface area (Å²) in [6.45, 7) is 3.75. The van der Waals surface area contributed by atoms with Crippen LogP contribution in [0.5, 0.6) is 0 Å². The van der Waals surface area contributed by atoms with Crippen LogP contribution in [0, 0.1) is 12.3 Å². The molecule has 0 radical (unpaired) electrons. The lowest BCUT2D eigenvalue weighted by atomic mass is 10.3. The summed E-state index contributed by atoms with van der Waals surface area (Å²) in [5.74, 6) is -0.191. The lowest BCUT2D eigenvalue weighted by Gasteiger charge is -1.98. The SMILES string of the molecule is C/C(=N/NC(=N)N)c1sc(-c2cc[nH]n2)nc1C. The van der Waals surface area contributed by atoms with Crippen LogP contribution in [0.1, 0.15) is 17.5 Å². The average Bonchev–Trinajstić information content (AvgIpc) is 2.94. The lowest BCUT2D eigenvalue weighted by Crippen LogP contribution is -2.26. The number of aromatic nitrogens is 3. The number of guanidine groups is 1. The third-order valence-corrected chi connectivity index (χ3v) is 3.48. The second-order valence-corrected chi connectivity index (χ2v) is 4.61. The van der Waals surface area contributed by atoms with Gasteiger partial charge in [0.1, 0.15) is 10.7 Å². The van der Waals surface area contributed by atoms with Crippen LogP contribution in [0.15, 0.2) is 17.4 Å². The van der Waals surface area contributed by atoms with E-state index in [-0.39, 0.29) is 5.96 Å². The molecule has 2 heterocycles. The standard InChI is InChI=1S/C10H13N7S/c1-5-8(6(2)15-17-10(11)12)18-9(14-5)7-3-4-13-16-7/h3-4H,1-2H3,(H,13,16)(H4,11,12,17)/b15-6-. The molecule has 18 heavy (non-hydrogen) atoms. The fourth-order valence-corrected chi connectivity index (χ4v) is 2.40. The molecule has 0 atom stereocenters. The highest BCUT2D eigenvalue weighted by molar-refractivity contribution is 7.17. The molecule has 2 rings (SSSR count). The van der Waals surface area contributed by atoms with E-state index >= 15 is 0 Å². The van der Waals surface area contributed by atoms with E-state index in [1.807, 2.05) is 19.9 Å². The molecule has 0 aliphatic rings. The molecule has 0 aliphatic heterocycles. The van der Waals surface area contributed by atoms with Crippen LogP contribution in [0.25, 0.3) is 10.7 Å². The van der Waals surface area contributed by atoms with E-state index in [1.54, 1.807) is 6.20 Å². The number of rotatable bonds is 3. The van der Waals surface area contributed by atoms with Gasteiger partial charge in [-0.3, -0.25) is 10.5 Å². The third kappa shape index (κ3) is 2.54. The Balaban J connectivity index is 2.30. The Labute approximate surface area is 108 Å². The summed E-state index contributed by atoms with van der Waals surface area (Å²) in [6.07, 6.45) is 1.75. The molecule has 2 aromatic rings. The predicted octanol–water partition coefficient (Wildman–Crippen LogP) is 1.05. The molecule has 0 unspecified atom stereocenters. The molecule has 0 saturated heterocycles. The Morgan fingerprint density at radius 3 is 3.00 bits per heavy atom. The monoisotopic (exact) mass is 263 g/mol. The summed E-state index contributed by atoms with van der Waals surface area (Å²) in [4.78, 5) is 5.39. The van der Waals surface area contributed by atoms with E-state index in [2.05, 4.69) is 25.7 Å². The number of hydrazone groups is 1. The molecular formula is C10H13N7S. The van der Waals surface area contributed by atoms with Crippen molar-refractivity contribution >= 4 is 23.0 Å². The second kappa shape index (κ2) is 4.96. The van der Waals surface area contributed by atoms with Crippen LogP contribution in [-0.4, -0.2) is 26.9 Å². The number of nitrogens with two attached hydrogens (primary N) is 1. The van der Waals surface area contributed by atoms with Crippen molar-refractivity contribution in [3.63, 3.8) is 0 Å². The van der Waals surface area contributed by atoms with Gasteiger partial charge in [-0.25, -0.2) is 10.4 Å². The maximum absolute atomic E-state index is 7.06. The zero-order valence-corrected chi connectivity index (χ0v) is 10.8. The number of hydrogen-bond acceptors (Lipinski definition) is 5. The van der Waals surface area contributed by atoms with Gasteiger partial charge in [0, 0.05) is 6.20 Å². The number of aryl methyl sites for hydroxylation is 1. The first-order valence-corrected chi connectivity index (χ1v) is 6.02. The minimum absolute atomic E-state index is 0.191. The molecule has 0 aromatic carbocycles. The van der Waals surface area contributed by atoms with E-state index < -0.39 is 0 Å². The van der Waals surface area contributed by atoms with E-state index in [0.717, 1.165) is 27.0 Å². The Kier molecular flexibility index (Phi) is 3.38. The molecule has 5 N–H and O–H groups in total. The Morgan fingerprint density at radius 1 is 1.61 bits per heavy atom. The average molecular weight is 263 g/mol. The summed E-state index contributed by atoms with van der Waals surface area (Å²) in [6, 6.07) is 1.86. The molecule has 0 bridgehead atoms. The molecule has 0 saturated carbocycles. The summed E-state index contributed by atoms with van der Waals surface area (Å²) < 4.78 is 0. The minimum atomic E-state index is -0.191. The molecule has 0 amide bonds. The largest absolute Gasteiger partial charge is 0.369 e. The van der Waals surface area contributed by atoms with E-state index in [9.17, 15) is 0 Å². The van der Waals surface area contributed by atoms with Gasteiger partial charge in [-0.2, -0.15) is 10.2 Å². The van der Waals surface area contributed by atoms with Crippen molar-refractivity contribution in [2.24, 2.45) is 10.8 Å². The predicted molar refractivity (Wildman–Crippen MR) is 71.7 cm³/mol. The molecule has 2 aromatic heterocycles. The molecule has 94 valence electrons. The van der Waals surface area contributed by atoms with Crippen LogP contribution < -0.4 is 11.2 Å². The second-order valence-electron chi connectivity index (χ2n) is 3.62. The fraction of sp³-hybridized carbons (Fsp3) is 0.200. The smallest absolute Gasteiger partial charge is 0.206 e. The first kappa shape index (κ1) is 12.2. The van der Waals surface area contributed by atoms with Crippen molar-refractivity contribution in [2.45, 2.75) is 13.8 Å². The first-order chi connectivity index (χ1) is 8.58. The van der Waals surface area contributed by atoms with E-state index in [4.69, 9.17) is 11.1 Å². The van der Waals surface area contributed by atoms with Crippen LogP contribution >= 0.6 is 11.3 Å². The molecular weight excluding hydrogens is 250 g/mol. The third-order valence-electron chi connectivity index (χ3n) is 2.19. The maximum Gasteiger partial charge on any atom is 0.206 e. The maximum atomic E-state index is 7.06. The van der Waals surface area contributed by atoms with Crippen LogP contribution in [-0.2, 0) is 0 Å². The highest BCUT2D eigenvalue weighted by atomic mass is 32.1. The lowest BCUT2D eigenvalue weighted by molar-refractivity contribution is 0.992. The number of H-pyrrole nitrogens is 1. The zero-order chi connectivity index (χ0) is 13.1. The van der Waals surface area contributed by atoms with Crippen molar-refractivity contribution in [2.75, 3.05) is 0 Å². The first-order valence-electron chi connectivity index (χ1n) is 5.20. The van der Waals surface area contributed by atoms with Crippen molar-refractivity contribution in [3.05, 3.63) is 22.8 Å². The van der Waals surface area contributed by atoms with Crippen molar-refractivity contribution in [1.82, 2.24) is 20.6 Å². The highest BCUT2D eigenvalue weighted by Crippen LogP contribution is 2.26. The zero-order valence-electron chi connectivity index (χ0n) is 9.98. The number of hydrogen-bond donors (Lipinski definition) is 4. The fourth-order valence-electron chi connectivity index (χ4n) is 1.42. The van der Waals surface area contributed by atoms with E-state index in [1.165, 1.54) is 11.3 Å². The Morgan fingerprint density at radius 2 is 2.39 bits per heavy atom. The van der Waals surface area contributed by atoms with Gasteiger partial charge in [0.05, 0.1) is 16.3 Å². The molecule has 0 fully saturated rings. The van der Waals surface area contributed by atoms with Crippen LogP contribution in [0.3, 0.4) is 0 Å². The molecule has 0 spiro atoms. The summed E-state index contributed by atoms with van der Waals surface area (Å²) in [7, 11) is 0. The van der Waals surface area contributed by atoms with Gasteiger partial charge in [-0.1, -0.05) is 0 Å². The van der Waals surface area contributed by atoms with Crippen molar-refractivity contribution in [1.29, 1.82) is 5.41 Å². The van der Waals surface area contributed by atoms with Crippen molar-refractivity contribution in [3.8, 4) is 10.7 Å². The van der Waals surface area contributed by atoms with Gasteiger partial charge >= 0.3 is 0 Å². The highest BCUT2D eigenvalue weighted by Gasteiger charge is 2.12.